The number of carbonyl (C=O) groups excluding carboxylic acids is 3. The molecule has 2 N–H and O–H groups in total. The van der Waals surface area contributed by atoms with Gasteiger partial charge in [0.2, 0.25) is 11.8 Å². The Kier molecular flexibility index (Phi) is 9.83. The zero-order valence-electron chi connectivity index (χ0n) is 22.8. The number of carbonyl (C=O) groups is 3. The minimum atomic E-state index is -5.01. The topological polar surface area (TPSA) is 102 Å². The predicted octanol–water partition coefficient (Wildman–Crippen LogP) is 7.43. The van der Waals surface area contributed by atoms with Crippen LogP contribution in [-0.4, -0.2) is 28.6 Å². The summed E-state index contributed by atoms with van der Waals surface area (Å²) in [6, 6.07) is 8.85. The number of terminal acetylenes is 1. The third-order valence-electron chi connectivity index (χ3n) is 6.84. The maximum atomic E-state index is 15.4. The minimum absolute atomic E-state index is 0.0491. The van der Waals surface area contributed by atoms with Crippen molar-refractivity contribution in [3.8, 4) is 18.4 Å². The van der Waals surface area contributed by atoms with E-state index in [1.54, 1.807) is 6.07 Å². The fourth-order valence-electron chi connectivity index (χ4n) is 4.64. The third-order valence-corrected chi connectivity index (χ3v) is 8.11. The molecule has 4 rings (SSSR count). The molecule has 0 heterocycles. The van der Waals surface area contributed by atoms with E-state index in [9.17, 15) is 36.3 Å². The van der Waals surface area contributed by atoms with Gasteiger partial charge in [0.05, 0.1) is 40.4 Å². The Morgan fingerprint density at radius 2 is 1.67 bits per heavy atom. The summed E-state index contributed by atoms with van der Waals surface area (Å²) >= 11 is 18.6. The van der Waals surface area contributed by atoms with Gasteiger partial charge in [0.15, 0.2) is 5.82 Å². The van der Waals surface area contributed by atoms with Gasteiger partial charge in [0.1, 0.15) is 28.1 Å². The summed E-state index contributed by atoms with van der Waals surface area (Å²) in [5, 5.41) is 13.3. The van der Waals surface area contributed by atoms with E-state index in [1.165, 1.54) is 12.1 Å². The maximum absolute atomic E-state index is 15.4. The van der Waals surface area contributed by atoms with Gasteiger partial charge in [-0.05, 0) is 48.0 Å². The normalized spacial score (nSPS) is 16.5. The van der Waals surface area contributed by atoms with Crippen LogP contribution in [0, 0.1) is 47.0 Å². The highest BCUT2D eigenvalue weighted by Crippen LogP contribution is 2.65. The van der Waals surface area contributed by atoms with Gasteiger partial charge in [-0.1, -0.05) is 23.6 Å². The Morgan fingerprint density at radius 1 is 1.00 bits per heavy atom. The number of hydrogen-bond acceptors (Lipinski definition) is 4. The van der Waals surface area contributed by atoms with Gasteiger partial charge < -0.3 is 10.6 Å². The SMILES string of the molecule is C#CCN(C(=O)CC#N)c1c(F)ccc(NC(=O)c2cc(NC(=O)[C@H]3[C@H](c4ccc(F)c(C(F)(F)F)c4)C3(Cl)Cl)ccc2Cl)c1F. The van der Waals surface area contributed by atoms with Crippen molar-refractivity contribution in [2.45, 2.75) is 22.8 Å². The number of alkyl halides is 5. The lowest BCUT2D eigenvalue weighted by Gasteiger charge is -2.22. The van der Waals surface area contributed by atoms with Gasteiger partial charge in [0.25, 0.3) is 5.91 Å². The molecule has 3 aromatic rings. The van der Waals surface area contributed by atoms with Crippen LogP contribution in [0.15, 0.2) is 48.5 Å². The van der Waals surface area contributed by atoms with E-state index in [0.29, 0.717) is 17.0 Å². The fraction of sp³-hybridized carbons (Fsp3) is 0.200. The second-order valence-corrected chi connectivity index (χ2v) is 11.6. The van der Waals surface area contributed by atoms with E-state index in [-0.39, 0.29) is 21.8 Å². The largest absolute Gasteiger partial charge is 0.419 e. The molecule has 16 heteroatoms. The maximum Gasteiger partial charge on any atom is 0.419 e. The Hall–Kier alpha value is -4.43. The summed E-state index contributed by atoms with van der Waals surface area (Å²) in [5.41, 5.74) is -3.55. The molecule has 0 aliphatic heterocycles. The third kappa shape index (κ3) is 6.87. The molecule has 0 bridgehead atoms. The molecule has 0 spiro atoms. The number of anilines is 3. The first-order valence-corrected chi connectivity index (χ1v) is 13.9. The van der Waals surface area contributed by atoms with Crippen LogP contribution in [0.5, 0.6) is 0 Å². The summed E-state index contributed by atoms with van der Waals surface area (Å²) in [5.74, 6) is -7.36. The first kappa shape index (κ1) is 34.4. The van der Waals surface area contributed by atoms with Crippen LogP contribution in [-0.2, 0) is 15.8 Å². The minimum Gasteiger partial charge on any atom is -0.326 e. The molecule has 0 radical (unpaired) electrons. The van der Waals surface area contributed by atoms with Crippen molar-refractivity contribution < 1.29 is 40.7 Å². The second kappa shape index (κ2) is 13.1. The van der Waals surface area contributed by atoms with Crippen molar-refractivity contribution in [3.05, 3.63) is 87.7 Å². The molecule has 0 unspecified atom stereocenters. The molecule has 0 saturated heterocycles. The number of nitrogens with zero attached hydrogens (tertiary/aromatic N) is 2. The molecule has 3 amide bonds. The Labute approximate surface area is 272 Å². The molecule has 3 aromatic carbocycles. The first-order chi connectivity index (χ1) is 21.5. The smallest absolute Gasteiger partial charge is 0.326 e. The molecule has 0 aromatic heterocycles. The van der Waals surface area contributed by atoms with Crippen LogP contribution in [0.1, 0.15) is 33.8 Å². The van der Waals surface area contributed by atoms with Crippen LogP contribution < -0.4 is 15.5 Å². The van der Waals surface area contributed by atoms with Gasteiger partial charge in [-0.3, -0.25) is 19.3 Å². The lowest BCUT2D eigenvalue weighted by molar-refractivity contribution is -0.140. The summed E-state index contributed by atoms with van der Waals surface area (Å²) in [6.45, 7) is -0.586. The number of nitrogens with one attached hydrogen (secondary N) is 2. The van der Waals surface area contributed by atoms with Crippen LogP contribution in [0.25, 0.3) is 0 Å². The van der Waals surface area contributed by atoms with Crippen molar-refractivity contribution in [1.29, 1.82) is 5.26 Å². The van der Waals surface area contributed by atoms with Crippen molar-refractivity contribution in [2.75, 3.05) is 22.1 Å². The van der Waals surface area contributed by atoms with Crippen molar-refractivity contribution in [3.63, 3.8) is 0 Å². The molecule has 1 fully saturated rings. The predicted molar refractivity (Wildman–Crippen MR) is 158 cm³/mol. The van der Waals surface area contributed by atoms with Crippen LogP contribution in [0.2, 0.25) is 5.02 Å². The van der Waals surface area contributed by atoms with Gasteiger partial charge in [0, 0.05) is 11.6 Å². The van der Waals surface area contributed by atoms with E-state index in [0.717, 1.165) is 24.3 Å². The molecule has 46 heavy (non-hydrogen) atoms. The van der Waals surface area contributed by atoms with Crippen molar-refractivity contribution >= 4 is 69.6 Å². The van der Waals surface area contributed by atoms with Gasteiger partial charge in [-0.2, -0.15) is 18.4 Å². The number of amides is 3. The van der Waals surface area contributed by atoms with E-state index in [2.05, 4.69) is 16.6 Å². The van der Waals surface area contributed by atoms with Crippen LogP contribution in [0.4, 0.5) is 43.4 Å². The Bertz CT molecular complexity index is 1840. The lowest BCUT2D eigenvalue weighted by atomic mass is 10.0. The van der Waals surface area contributed by atoms with Gasteiger partial charge in [-0.25, -0.2) is 13.2 Å². The highest BCUT2D eigenvalue weighted by Gasteiger charge is 2.67. The molecule has 2 atom stereocenters. The zero-order chi connectivity index (χ0) is 34.1. The number of nitriles is 1. The summed E-state index contributed by atoms with van der Waals surface area (Å²) in [7, 11) is 0. The Balaban J connectivity index is 1.56. The van der Waals surface area contributed by atoms with Gasteiger partial charge >= 0.3 is 6.18 Å². The Morgan fingerprint density at radius 3 is 2.30 bits per heavy atom. The first-order valence-electron chi connectivity index (χ1n) is 12.8. The molecular weight excluding hydrogens is 685 g/mol. The second-order valence-electron chi connectivity index (χ2n) is 9.78. The highest BCUT2D eigenvalue weighted by atomic mass is 35.5. The number of halogens is 9. The average molecular weight is 702 g/mol. The van der Waals surface area contributed by atoms with E-state index < -0.39 is 87.4 Å². The zero-order valence-corrected chi connectivity index (χ0v) is 25.1. The van der Waals surface area contributed by atoms with E-state index in [1.807, 2.05) is 0 Å². The molecule has 1 aliphatic carbocycles. The van der Waals surface area contributed by atoms with Crippen molar-refractivity contribution in [2.24, 2.45) is 5.92 Å². The summed E-state index contributed by atoms with van der Waals surface area (Å²) in [4.78, 5) is 39.0. The lowest BCUT2D eigenvalue weighted by Crippen LogP contribution is -2.32. The molecular formula is C30H17Cl3F6N4O3. The number of benzene rings is 3. The monoisotopic (exact) mass is 700 g/mol. The summed E-state index contributed by atoms with van der Waals surface area (Å²) in [6.07, 6.45) is -0.540. The molecule has 1 saturated carbocycles. The average Bonchev–Trinajstić information content (AvgIpc) is 3.56. The highest BCUT2D eigenvalue weighted by molar-refractivity contribution is 6.53. The van der Waals surface area contributed by atoms with Crippen LogP contribution in [0.3, 0.4) is 0 Å². The fourth-order valence-corrected chi connectivity index (χ4v) is 5.67. The standard InChI is InChI=1S/C30H17Cl3F6N4O3/c1-2-11-43(22(44)9-10-40)26-20(35)7-8-21(25(26)36)42-27(45)16-13-15(4-5-18(16)31)41-28(46)24-23(29(24,32)33)14-3-6-19(34)17(12-14)30(37,38)39/h1,3-8,12-13,23-24H,9,11H2,(H,41,46)(H,42,45)/t23-,24+/m0/s1. The van der Waals surface area contributed by atoms with E-state index >= 15 is 4.39 Å². The summed E-state index contributed by atoms with van der Waals surface area (Å²) < 4.78 is 81.5. The number of rotatable bonds is 8. The van der Waals surface area contributed by atoms with Gasteiger partial charge in [-0.15, -0.1) is 29.6 Å². The van der Waals surface area contributed by atoms with E-state index in [4.69, 9.17) is 46.5 Å². The quantitative estimate of drug-likeness (QED) is 0.145. The molecule has 7 nitrogen and oxygen atoms in total. The van der Waals surface area contributed by atoms with Crippen LogP contribution >= 0.6 is 34.8 Å². The van der Waals surface area contributed by atoms with Crippen molar-refractivity contribution in [1.82, 2.24) is 0 Å². The number of hydrogen-bond donors (Lipinski definition) is 2. The molecule has 1 aliphatic rings. The molecule has 238 valence electrons.